The van der Waals surface area contributed by atoms with E-state index in [1.165, 1.54) is 0 Å². The molecule has 0 amide bonds. The molecule has 1 heterocycles. The Kier molecular flexibility index (Phi) is 3.27. The Morgan fingerprint density at radius 3 is 2.14 bits per heavy atom. The van der Waals surface area contributed by atoms with Crippen molar-refractivity contribution in [2.24, 2.45) is 0 Å². The van der Waals surface area contributed by atoms with Crippen LogP contribution in [0.3, 0.4) is 0 Å². The molecule has 1 rings (SSSR count). The van der Waals surface area contributed by atoms with Crippen molar-refractivity contribution < 1.29 is 0 Å². The van der Waals surface area contributed by atoms with E-state index in [4.69, 9.17) is 11.2 Å². The molecule has 2 atom stereocenters. The molecule has 2 unspecified atom stereocenters. The van der Waals surface area contributed by atoms with Gasteiger partial charge in [0.1, 0.15) is 7.58 Å². The molecule has 0 aromatic carbocycles. The van der Waals surface area contributed by atoms with E-state index in [-0.39, 0.29) is 0 Å². The summed E-state index contributed by atoms with van der Waals surface area (Å²) in [6.45, 7) is 0. The van der Waals surface area contributed by atoms with Crippen LogP contribution >= 0.6 is 36.6 Å². The first-order valence-corrected chi connectivity index (χ1v) is 5.86. The van der Waals surface area contributed by atoms with Gasteiger partial charge in [0.2, 0.25) is 0 Å². The SMILES string of the molecule is ClP1NPNPN1. The number of rotatable bonds is 0. The minimum absolute atomic E-state index is 0.557. The Bertz CT molecular complexity index is 52.1. The van der Waals surface area contributed by atoms with Crippen LogP contribution in [0.4, 0.5) is 0 Å². The van der Waals surface area contributed by atoms with E-state index in [1.54, 1.807) is 0 Å². The molecule has 1 saturated heterocycles. The zero-order valence-electron chi connectivity index (χ0n) is 3.33. The molecule has 1 aliphatic heterocycles. The van der Waals surface area contributed by atoms with E-state index in [0.717, 1.165) is 0 Å². The predicted molar refractivity (Wildman–Crippen MR) is 38.8 cm³/mol. The lowest BCUT2D eigenvalue weighted by Gasteiger charge is -2.18. The molecule has 0 saturated carbocycles. The highest BCUT2D eigenvalue weighted by atomic mass is 35.7. The lowest BCUT2D eigenvalue weighted by molar-refractivity contribution is 1.43. The van der Waals surface area contributed by atoms with Gasteiger partial charge in [0, 0.05) is 17.8 Å². The van der Waals surface area contributed by atoms with Gasteiger partial charge in [-0.15, -0.1) is 0 Å². The molecule has 0 radical (unpaired) electrons. The molecule has 3 N–H and O–H groups in total. The van der Waals surface area contributed by atoms with Gasteiger partial charge >= 0.3 is 0 Å². The third-order valence-corrected chi connectivity index (χ3v) is 5.42. The Hall–Kier alpha value is 1.46. The van der Waals surface area contributed by atoms with Gasteiger partial charge in [0.15, 0.2) is 0 Å². The van der Waals surface area contributed by atoms with Crippen LogP contribution in [0.1, 0.15) is 0 Å². The van der Waals surface area contributed by atoms with Crippen molar-refractivity contribution in [2.75, 3.05) is 0 Å². The average molecular weight is 175 g/mol. The first-order valence-electron chi connectivity index (χ1n) is 1.62. The summed E-state index contributed by atoms with van der Waals surface area (Å²) in [4.78, 5) is 9.13. The summed E-state index contributed by atoms with van der Waals surface area (Å²) in [5, 5.41) is 0. The maximum Gasteiger partial charge on any atom is 0.143 e. The van der Waals surface area contributed by atoms with Crippen molar-refractivity contribution in [3.8, 4) is 0 Å². The largest absolute Gasteiger partial charge is 0.254 e. The fourth-order valence-electron chi connectivity index (χ4n) is 0.213. The van der Waals surface area contributed by atoms with Gasteiger partial charge in [-0.2, -0.15) is 0 Å². The van der Waals surface area contributed by atoms with E-state index in [2.05, 4.69) is 14.6 Å². The lowest BCUT2D eigenvalue weighted by atomic mass is 13.8. The number of halogens is 1. The predicted octanol–water partition coefficient (Wildman–Crippen LogP) is 1.25. The van der Waals surface area contributed by atoms with Crippen LogP contribution < -0.4 is 14.6 Å². The fraction of sp³-hybridized carbons (Fsp3) is 0. The van der Waals surface area contributed by atoms with Gasteiger partial charge in [-0.05, 0) is 0 Å². The van der Waals surface area contributed by atoms with Crippen molar-refractivity contribution in [2.45, 2.75) is 0 Å². The van der Waals surface area contributed by atoms with E-state index in [0.29, 0.717) is 17.8 Å². The van der Waals surface area contributed by atoms with Crippen LogP contribution in [0.2, 0.25) is 0 Å². The average Bonchev–Trinajstić information content (AvgIpc) is 1.69. The van der Waals surface area contributed by atoms with Gasteiger partial charge in [0.25, 0.3) is 0 Å². The van der Waals surface area contributed by atoms with Crippen molar-refractivity contribution in [1.29, 1.82) is 0 Å². The summed E-state index contributed by atoms with van der Waals surface area (Å²) in [5.74, 6) is 0. The van der Waals surface area contributed by atoms with Crippen LogP contribution in [0.25, 0.3) is 0 Å². The normalized spacial score (nSPS) is 39.9. The van der Waals surface area contributed by atoms with Crippen molar-refractivity contribution in [3.05, 3.63) is 0 Å². The Balaban J connectivity index is 2.12. The number of hydrogen-bond donors (Lipinski definition) is 3. The number of nitrogens with one attached hydrogen (secondary N) is 3. The molecule has 1 fully saturated rings. The van der Waals surface area contributed by atoms with E-state index in [9.17, 15) is 0 Å². The van der Waals surface area contributed by atoms with E-state index < -0.39 is 7.58 Å². The zero-order valence-corrected chi connectivity index (χ0v) is 6.98. The second kappa shape index (κ2) is 3.48. The van der Waals surface area contributed by atoms with Gasteiger partial charge in [-0.25, -0.2) is 9.72 Å². The van der Waals surface area contributed by atoms with Gasteiger partial charge in [0.05, 0.1) is 0 Å². The summed E-state index contributed by atoms with van der Waals surface area (Å²) in [7, 11) is 0.700. The second-order valence-corrected chi connectivity index (χ2v) is 5.74. The highest BCUT2D eigenvalue weighted by molar-refractivity contribution is 7.90. The standard InChI is InChI=1S/ClH5N3P3/c1-7-3-5-2-6-4-7/h2-6H. The van der Waals surface area contributed by atoms with Crippen molar-refractivity contribution in [1.82, 2.24) is 14.6 Å². The monoisotopic (exact) mass is 175 g/mol. The summed E-state index contributed by atoms with van der Waals surface area (Å²) in [6.07, 6.45) is 0. The molecule has 3 nitrogen and oxygen atoms in total. The zero-order chi connectivity index (χ0) is 5.11. The quantitative estimate of drug-likeness (QED) is 0.485. The van der Waals surface area contributed by atoms with Crippen molar-refractivity contribution in [3.63, 3.8) is 0 Å². The first-order chi connectivity index (χ1) is 3.39. The molecule has 1 aliphatic rings. The van der Waals surface area contributed by atoms with Crippen molar-refractivity contribution >= 4 is 36.6 Å². The second-order valence-electron chi connectivity index (χ2n) is 0.879. The molecule has 7 heteroatoms. The molecule has 0 aromatic heterocycles. The highest BCUT2D eigenvalue weighted by Gasteiger charge is 2.05. The molecule has 0 aromatic rings. The van der Waals surface area contributed by atoms with Gasteiger partial charge < -0.3 is 0 Å². The smallest absolute Gasteiger partial charge is 0.143 e. The molecule has 0 aliphatic carbocycles. The first kappa shape index (κ1) is 6.58. The molecule has 7 heavy (non-hydrogen) atoms. The Labute approximate surface area is 51.8 Å². The Morgan fingerprint density at radius 1 is 1.29 bits per heavy atom. The minimum Gasteiger partial charge on any atom is -0.254 e. The lowest BCUT2D eigenvalue weighted by Crippen LogP contribution is -2.11. The van der Waals surface area contributed by atoms with Crippen LogP contribution in [0, 0.1) is 0 Å². The number of hydrogen-bond acceptors (Lipinski definition) is 3. The molecular weight excluding hydrogens is 170 g/mol. The van der Waals surface area contributed by atoms with Crippen LogP contribution in [-0.2, 0) is 0 Å². The summed E-state index contributed by atoms with van der Waals surface area (Å²) < 4.78 is 0. The van der Waals surface area contributed by atoms with Crippen LogP contribution in [-0.4, -0.2) is 0 Å². The maximum absolute atomic E-state index is 5.63. The molecule has 0 bridgehead atoms. The third kappa shape index (κ3) is 2.49. The summed E-state index contributed by atoms with van der Waals surface area (Å²) in [6, 6.07) is 0. The minimum atomic E-state index is -0.557. The van der Waals surface area contributed by atoms with Crippen LogP contribution in [0.5, 0.6) is 0 Å². The van der Waals surface area contributed by atoms with Gasteiger partial charge in [-0.3, -0.25) is 4.86 Å². The summed E-state index contributed by atoms with van der Waals surface area (Å²) in [5.41, 5.74) is 0. The summed E-state index contributed by atoms with van der Waals surface area (Å²) >= 11 is 5.63. The Morgan fingerprint density at radius 2 is 1.86 bits per heavy atom. The maximum atomic E-state index is 5.63. The molecular formula is H5ClN3P3. The molecule has 42 valence electrons. The third-order valence-electron chi connectivity index (χ3n) is 0.433. The highest BCUT2D eigenvalue weighted by Crippen LogP contribution is 2.42. The fourth-order valence-corrected chi connectivity index (χ4v) is 4.19. The van der Waals surface area contributed by atoms with E-state index >= 15 is 0 Å². The topological polar surface area (TPSA) is 36.1 Å². The van der Waals surface area contributed by atoms with E-state index in [1.807, 2.05) is 0 Å². The van der Waals surface area contributed by atoms with Crippen LogP contribution in [0.15, 0.2) is 0 Å². The van der Waals surface area contributed by atoms with Gasteiger partial charge in [-0.1, -0.05) is 11.2 Å². The molecule has 0 spiro atoms.